The molecule has 0 saturated carbocycles. The number of thioether (sulfide) groups is 1. The van der Waals surface area contributed by atoms with Crippen LogP contribution in [0.4, 0.5) is 0 Å². The normalized spacial score (nSPS) is 20.3. The van der Waals surface area contributed by atoms with Crippen molar-refractivity contribution < 1.29 is 24.5 Å². The van der Waals surface area contributed by atoms with Gasteiger partial charge in [-0.2, -0.15) is 0 Å². The van der Waals surface area contributed by atoms with Gasteiger partial charge in [0.05, 0.1) is 12.7 Å². The fourth-order valence-electron chi connectivity index (χ4n) is 5.96. The molecule has 0 aromatic heterocycles. The SMILES string of the molecule is CCc1cc(OCCCO)ccc1C1=CC2C=CC(OCC(O)CCCC(C)(C(C)(C)C)C(C)(C)C)=CC2SC1=O. The summed E-state index contributed by atoms with van der Waals surface area (Å²) in [6.45, 7) is 19.2. The minimum Gasteiger partial charge on any atom is -0.493 e. The molecule has 5 nitrogen and oxygen atoms in total. The Balaban J connectivity index is 1.58. The largest absolute Gasteiger partial charge is 0.493 e. The van der Waals surface area contributed by atoms with Crippen molar-refractivity contribution in [3.63, 3.8) is 0 Å². The summed E-state index contributed by atoms with van der Waals surface area (Å²) in [7, 11) is 0. The molecule has 2 N–H and O–H groups in total. The predicted molar refractivity (Wildman–Crippen MR) is 171 cm³/mol. The van der Waals surface area contributed by atoms with Crippen molar-refractivity contribution in [3.8, 4) is 5.75 Å². The second kappa shape index (κ2) is 14.0. The van der Waals surface area contributed by atoms with Gasteiger partial charge in [0.15, 0.2) is 0 Å². The van der Waals surface area contributed by atoms with Gasteiger partial charge in [-0.05, 0) is 70.9 Å². The van der Waals surface area contributed by atoms with Gasteiger partial charge in [0.1, 0.15) is 18.1 Å². The summed E-state index contributed by atoms with van der Waals surface area (Å²) in [6, 6.07) is 5.87. The third-order valence-corrected chi connectivity index (χ3v) is 10.5. The quantitative estimate of drug-likeness (QED) is 0.231. The molecular formula is C35H52O5S. The molecule has 6 heteroatoms. The number of rotatable bonds is 13. The number of benzene rings is 1. The van der Waals surface area contributed by atoms with Gasteiger partial charge in [-0.3, -0.25) is 4.79 Å². The van der Waals surface area contributed by atoms with Crippen LogP contribution in [0.3, 0.4) is 0 Å². The molecule has 0 bridgehead atoms. The van der Waals surface area contributed by atoms with E-state index in [0.29, 0.717) is 19.4 Å². The molecule has 0 amide bonds. The van der Waals surface area contributed by atoms with Gasteiger partial charge >= 0.3 is 0 Å². The van der Waals surface area contributed by atoms with Crippen LogP contribution in [-0.2, 0) is 16.0 Å². The first-order valence-corrected chi connectivity index (χ1v) is 16.1. The number of aryl methyl sites for hydroxylation is 1. The van der Waals surface area contributed by atoms with Gasteiger partial charge in [0, 0.05) is 29.8 Å². The summed E-state index contributed by atoms with van der Waals surface area (Å²) in [5.74, 6) is 1.58. The Hall–Kier alpha value is -2.02. The van der Waals surface area contributed by atoms with Crippen LogP contribution >= 0.6 is 11.8 Å². The van der Waals surface area contributed by atoms with Gasteiger partial charge in [0.25, 0.3) is 0 Å². The molecule has 0 radical (unpaired) electrons. The van der Waals surface area contributed by atoms with E-state index in [1.165, 1.54) is 11.8 Å². The number of aliphatic hydroxyl groups excluding tert-OH is 2. The number of aliphatic hydroxyl groups is 2. The van der Waals surface area contributed by atoms with Crippen molar-refractivity contribution in [2.75, 3.05) is 19.8 Å². The summed E-state index contributed by atoms with van der Waals surface area (Å²) in [6.07, 6.45) is 11.7. The van der Waals surface area contributed by atoms with Gasteiger partial charge in [-0.15, -0.1) is 0 Å². The highest BCUT2D eigenvalue weighted by Gasteiger charge is 2.45. The van der Waals surface area contributed by atoms with Gasteiger partial charge in [0.2, 0.25) is 5.12 Å². The maximum atomic E-state index is 13.2. The average molecular weight is 585 g/mol. The van der Waals surface area contributed by atoms with Crippen LogP contribution in [0.1, 0.15) is 92.2 Å². The van der Waals surface area contributed by atoms with Crippen LogP contribution < -0.4 is 4.74 Å². The molecule has 3 rings (SSSR count). The Kier molecular flexibility index (Phi) is 11.4. The summed E-state index contributed by atoms with van der Waals surface area (Å²) < 4.78 is 11.7. The first kappa shape index (κ1) is 33.5. The van der Waals surface area contributed by atoms with Crippen LogP contribution in [0.2, 0.25) is 0 Å². The van der Waals surface area contributed by atoms with Gasteiger partial charge in [-0.1, -0.05) is 91.8 Å². The van der Waals surface area contributed by atoms with Crippen LogP contribution in [-0.4, -0.2) is 46.5 Å². The highest BCUT2D eigenvalue weighted by Crippen LogP contribution is 2.54. The molecule has 41 heavy (non-hydrogen) atoms. The molecule has 1 aromatic rings. The third-order valence-electron chi connectivity index (χ3n) is 9.30. The lowest BCUT2D eigenvalue weighted by Gasteiger charge is -2.52. The summed E-state index contributed by atoms with van der Waals surface area (Å²) in [4.78, 5) is 13.2. The van der Waals surface area contributed by atoms with E-state index in [1.807, 2.05) is 30.4 Å². The number of carbonyl (C=O) groups is 1. The zero-order chi connectivity index (χ0) is 30.4. The summed E-state index contributed by atoms with van der Waals surface area (Å²) >= 11 is 1.34. The lowest BCUT2D eigenvalue weighted by Crippen LogP contribution is -2.44. The fraction of sp³-hybridized carbons (Fsp3) is 0.629. The molecule has 1 aliphatic carbocycles. The zero-order valence-electron chi connectivity index (χ0n) is 26.5. The van der Waals surface area contributed by atoms with E-state index in [-0.39, 0.29) is 45.7 Å². The minimum absolute atomic E-state index is 0.0196. The van der Waals surface area contributed by atoms with Crippen LogP contribution in [0.25, 0.3) is 5.57 Å². The Labute approximate surface area is 252 Å². The number of carbonyl (C=O) groups excluding carboxylic acids is 1. The van der Waals surface area contributed by atoms with Crippen molar-refractivity contribution in [1.82, 2.24) is 0 Å². The number of fused-ring (bicyclic) bond motifs is 1. The van der Waals surface area contributed by atoms with Crippen LogP contribution in [0, 0.1) is 22.2 Å². The lowest BCUT2D eigenvalue weighted by molar-refractivity contribution is -0.106. The second-order valence-corrected chi connectivity index (χ2v) is 14.9. The molecule has 0 fully saturated rings. The van der Waals surface area contributed by atoms with Crippen LogP contribution in [0.15, 0.2) is 48.3 Å². The first-order valence-electron chi connectivity index (χ1n) is 15.2. The first-order chi connectivity index (χ1) is 19.2. The molecule has 3 unspecified atom stereocenters. The molecule has 1 heterocycles. The highest BCUT2D eigenvalue weighted by molar-refractivity contribution is 8.15. The number of allylic oxidation sites excluding steroid dienone is 3. The Morgan fingerprint density at radius 1 is 1.00 bits per heavy atom. The zero-order valence-corrected chi connectivity index (χ0v) is 27.3. The maximum absolute atomic E-state index is 13.2. The van der Waals surface area contributed by atoms with Crippen molar-refractivity contribution >= 4 is 22.5 Å². The predicted octanol–water partition coefficient (Wildman–Crippen LogP) is 7.75. The molecular weight excluding hydrogens is 532 g/mol. The smallest absolute Gasteiger partial charge is 0.220 e. The Bertz CT molecular complexity index is 1120. The molecule has 3 atom stereocenters. The Morgan fingerprint density at radius 2 is 1.71 bits per heavy atom. The summed E-state index contributed by atoms with van der Waals surface area (Å²) in [5.41, 5.74) is 3.25. The van der Waals surface area contributed by atoms with Gasteiger partial charge in [-0.25, -0.2) is 0 Å². The average Bonchev–Trinajstić information content (AvgIpc) is 2.90. The topological polar surface area (TPSA) is 76.0 Å². The van der Waals surface area contributed by atoms with Crippen molar-refractivity contribution in [3.05, 3.63) is 59.4 Å². The van der Waals surface area contributed by atoms with E-state index in [4.69, 9.17) is 14.6 Å². The van der Waals surface area contributed by atoms with E-state index < -0.39 is 6.10 Å². The van der Waals surface area contributed by atoms with E-state index in [2.05, 4.69) is 67.5 Å². The standard InChI is InChI=1S/C35H52O5S/c1-9-24-20-27(39-19-11-18-36)15-16-29(24)30-21-25-13-14-28(22-31(25)41-32(30)38)40-23-26(37)12-10-17-35(8,33(2,3)4)34(5,6)7/h13-16,20-22,25-26,31,36-37H,9-12,17-19,23H2,1-8H3. The molecule has 228 valence electrons. The van der Waals surface area contributed by atoms with Crippen molar-refractivity contribution in [2.24, 2.45) is 22.2 Å². The number of ether oxygens (including phenoxy) is 2. The highest BCUT2D eigenvalue weighted by atomic mass is 32.2. The lowest BCUT2D eigenvalue weighted by atomic mass is 9.53. The Morgan fingerprint density at radius 3 is 2.34 bits per heavy atom. The molecule has 2 aliphatic rings. The second-order valence-electron chi connectivity index (χ2n) is 13.7. The molecule has 1 aromatic carbocycles. The van der Waals surface area contributed by atoms with E-state index in [0.717, 1.165) is 47.5 Å². The minimum atomic E-state index is -0.526. The van der Waals surface area contributed by atoms with Gasteiger partial charge < -0.3 is 19.7 Å². The van der Waals surface area contributed by atoms with Crippen LogP contribution in [0.5, 0.6) is 5.75 Å². The number of hydrogen-bond acceptors (Lipinski definition) is 6. The molecule has 1 aliphatic heterocycles. The van der Waals surface area contributed by atoms with E-state index >= 15 is 0 Å². The van der Waals surface area contributed by atoms with Crippen molar-refractivity contribution in [2.45, 2.75) is 98.8 Å². The van der Waals surface area contributed by atoms with Crippen molar-refractivity contribution in [1.29, 1.82) is 0 Å². The maximum Gasteiger partial charge on any atom is 0.220 e. The molecule has 0 saturated heterocycles. The molecule has 0 spiro atoms. The number of hydrogen-bond donors (Lipinski definition) is 2. The fourth-order valence-corrected chi connectivity index (χ4v) is 7.04. The monoisotopic (exact) mass is 584 g/mol. The van der Waals surface area contributed by atoms with E-state index in [9.17, 15) is 9.90 Å². The third kappa shape index (κ3) is 8.30. The van der Waals surface area contributed by atoms with E-state index in [1.54, 1.807) is 0 Å². The summed E-state index contributed by atoms with van der Waals surface area (Å²) in [5, 5.41) is 19.7.